The lowest BCUT2D eigenvalue weighted by Crippen LogP contribution is -2.28. The van der Waals surface area contributed by atoms with E-state index in [1.165, 1.54) is 12.1 Å². The Labute approximate surface area is 119 Å². The summed E-state index contributed by atoms with van der Waals surface area (Å²) in [5.41, 5.74) is 0.335. The highest BCUT2D eigenvalue weighted by atomic mass is 79.9. The number of alkyl halides is 1. The van der Waals surface area contributed by atoms with Gasteiger partial charge in [-0.1, -0.05) is 15.9 Å². The van der Waals surface area contributed by atoms with E-state index in [1.54, 1.807) is 6.07 Å². The predicted octanol–water partition coefficient (Wildman–Crippen LogP) is 3.73. The third-order valence-corrected chi connectivity index (χ3v) is 4.01. The lowest BCUT2D eigenvalue weighted by Gasteiger charge is -2.11. The molecule has 0 spiro atoms. The molecule has 2 nitrogen and oxygen atoms in total. The van der Waals surface area contributed by atoms with Crippen LogP contribution in [0.4, 0.5) is 4.39 Å². The number of hydrogen-bond donors (Lipinski definition) is 1. The zero-order chi connectivity index (χ0) is 13.1. The van der Waals surface area contributed by atoms with Crippen LogP contribution in [0, 0.1) is 11.7 Å². The Morgan fingerprint density at radius 3 is 2.83 bits per heavy atom. The minimum Gasteiger partial charge on any atom is -0.352 e. The first kappa shape index (κ1) is 13.8. The molecular weight excluding hydrogens is 321 g/mol. The maximum Gasteiger partial charge on any atom is 0.251 e. The van der Waals surface area contributed by atoms with Crippen molar-refractivity contribution in [2.75, 3.05) is 6.54 Å². The van der Waals surface area contributed by atoms with Crippen LogP contribution in [0.2, 0.25) is 0 Å². The molecule has 0 heterocycles. The number of hydrogen-bond acceptors (Lipinski definition) is 1. The molecule has 1 saturated carbocycles. The molecule has 1 aromatic rings. The van der Waals surface area contributed by atoms with Crippen molar-refractivity contribution >= 4 is 33.4 Å². The third kappa shape index (κ3) is 3.69. The quantitative estimate of drug-likeness (QED) is 0.839. The molecule has 98 valence electrons. The fourth-order valence-electron chi connectivity index (χ4n) is 2.22. The van der Waals surface area contributed by atoms with Crippen molar-refractivity contribution in [1.29, 1.82) is 0 Å². The van der Waals surface area contributed by atoms with Gasteiger partial charge in [0.25, 0.3) is 5.91 Å². The number of amides is 1. The average Bonchev–Trinajstić information content (AvgIpc) is 2.70. The van der Waals surface area contributed by atoms with Gasteiger partial charge in [-0.05, 0) is 43.4 Å². The summed E-state index contributed by atoms with van der Waals surface area (Å²) in [5, 5.41) is 3.06. The van der Waals surface area contributed by atoms with Gasteiger partial charge in [0.2, 0.25) is 0 Å². The summed E-state index contributed by atoms with van der Waals surface area (Å²) in [6.07, 6.45) is 2.99. The molecule has 1 fully saturated rings. The van der Waals surface area contributed by atoms with E-state index in [0.29, 0.717) is 22.5 Å². The third-order valence-electron chi connectivity index (χ3n) is 3.15. The number of benzene rings is 1. The molecule has 2 atom stereocenters. The second-order valence-corrected chi connectivity index (χ2v) is 6.18. The summed E-state index contributed by atoms with van der Waals surface area (Å²) < 4.78 is 13.7. The Balaban J connectivity index is 1.91. The molecule has 0 aliphatic heterocycles. The van der Waals surface area contributed by atoms with Crippen LogP contribution in [0.3, 0.4) is 0 Å². The normalized spacial score (nSPS) is 23.1. The first-order valence-corrected chi connectivity index (χ1v) is 7.16. The molecular formula is C13H14BrClFNO. The molecule has 0 radical (unpaired) electrons. The smallest absolute Gasteiger partial charge is 0.251 e. The summed E-state index contributed by atoms with van der Waals surface area (Å²) in [6, 6.07) is 4.17. The van der Waals surface area contributed by atoms with Crippen molar-refractivity contribution in [1.82, 2.24) is 5.32 Å². The summed E-state index contributed by atoms with van der Waals surface area (Å²) in [6.45, 7) is 0.607. The van der Waals surface area contributed by atoms with Gasteiger partial charge in [-0.2, -0.15) is 0 Å². The van der Waals surface area contributed by atoms with Crippen LogP contribution >= 0.6 is 27.5 Å². The van der Waals surface area contributed by atoms with Crippen LogP contribution in [-0.2, 0) is 0 Å². The Morgan fingerprint density at radius 2 is 2.22 bits per heavy atom. The van der Waals surface area contributed by atoms with Gasteiger partial charge >= 0.3 is 0 Å². The molecule has 1 aliphatic rings. The predicted molar refractivity (Wildman–Crippen MR) is 73.4 cm³/mol. The fourth-order valence-corrected chi connectivity index (χ4v) is 3.07. The Morgan fingerprint density at radius 1 is 1.44 bits per heavy atom. The van der Waals surface area contributed by atoms with Gasteiger partial charge in [0.1, 0.15) is 5.82 Å². The van der Waals surface area contributed by atoms with Gasteiger partial charge in [0.05, 0.1) is 0 Å². The minimum absolute atomic E-state index is 0.232. The Bertz CT molecular complexity index is 434. The van der Waals surface area contributed by atoms with Gasteiger partial charge in [-0.3, -0.25) is 4.79 Å². The van der Waals surface area contributed by atoms with Crippen LogP contribution in [-0.4, -0.2) is 17.8 Å². The highest BCUT2D eigenvalue weighted by Crippen LogP contribution is 2.28. The maximum absolute atomic E-state index is 13.2. The summed E-state index contributed by atoms with van der Waals surface area (Å²) in [4.78, 5) is 11.9. The van der Waals surface area contributed by atoms with E-state index >= 15 is 0 Å². The van der Waals surface area contributed by atoms with Gasteiger partial charge in [-0.15, -0.1) is 11.6 Å². The number of nitrogens with one attached hydrogen (secondary N) is 1. The molecule has 1 N–H and O–H groups in total. The van der Waals surface area contributed by atoms with Crippen molar-refractivity contribution in [3.63, 3.8) is 0 Å². The lowest BCUT2D eigenvalue weighted by atomic mass is 10.1. The van der Waals surface area contributed by atoms with E-state index in [-0.39, 0.29) is 11.3 Å². The monoisotopic (exact) mass is 333 g/mol. The largest absolute Gasteiger partial charge is 0.352 e. The first-order valence-electron chi connectivity index (χ1n) is 5.93. The molecule has 18 heavy (non-hydrogen) atoms. The SMILES string of the molecule is O=C(NCC1CCC(Cl)C1)c1cc(F)cc(Br)c1. The van der Waals surface area contributed by atoms with Gasteiger partial charge in [-0.25, -0.2) is 4.39 Å². The number of carbonyl (C=O) groups is 1. The van der Waals surface area contributed by atoms with E-state index in [1.807, 2.05) is 0 Å². The van der Waals surface area contributed by atoms with Crippen LogP contribution in [0.15, 0.2) is 22.7 Å². The minimum atomic E-state index is -0.420. The Kier molecular flexibility index (Phi) is 4.62. The van der Waals surface area contributed by atoms with Gasteiger partial charge in [0.15, 0.2) is 0 Å². The van der Waals surface area contributed by atoms with Gasteiger partial charge < -0.3 is 5.32 Å². The molecule has 5 heteroatoms. The van der Waals surface area contributed by atoms with E-state index in [0.717, 1.165) is 19.3 Å². The van der Waals surface area contributed by atoms with Crippen molar-refractivity contribution in [2.45, 2.75) is 24.6 Å². The molecule has 0 saturated heterocycles. The highest BCUT2D eigenvalue weighted by molar-refractivity contribution is 9.10. The molecule has 2 unspecified atom stereocenters. The Hall–Kier alpha value is -0.610. The van der Waals surface area contributed by atoms with E-state index in [4.69, 9.17) is 11.6 Å². The van der Waals surface area contributed by atoms with Gasteiger partial charge in [0, 0.05) is 22.0 Å². The van der Waals surface area contributed by atoms with E-state index < -0.39 is 5.82 Å². The number of halogens is 3. The fraction of sp³-hybridized carbons (Fsp3) is 0.462. The summed E-state index contributed by atoms with van der Waals surface area (Å²) >= 11 is 9.18. The second-order valence-electron chi connectivity index (χ2n) is 4.64. The van der Waals surface area contributed by atoms with Crippen LogP contribution < -0.4 is 5.32 Å². The number of rotatable bonds is 3. The standard InChI is InChI=1S/C13H14BrClFNO/c14-10-4-9(5-12(16)6-10)13(18)17-7-8-1-2-11(15)3-8/h4-6,8,11H,1-3,7H2,(H,17,18). The topological polar surface area (TPSA) is 29.1 Å². The van der Waals surface area contributed by atoms with E-state index in [2.05, 4.69) is 21.2 Å². The molecule has 0 bridgehead atoms. The summed E-state index contributed by atoms with van der Waals surface area (Å²) in [7, 11) is 0. The van der Waals surface area contributed by atoms with Crippen molar-refractivity contribution in [2.24, 2.45) is 5.92 Å². The van der Waals surface area contributed by atoms with Crippen molar-refractivity contribution in [3.8, 4) is 0 Å². The maximum atomic E-state index is 13.2. The highest BCUT2D eigenvalue weighted by Gasteiger charge is 2.23. The number of carbonyl (C=O) groups excluding carboxylic acids is 1. The van der Waals surface area contributed by atoms with Crippen LogP contribution in [0.1, 0.15) is 29.6 Å². The first-order chi connectivity index (χ1) is 8.54. The molecule has 1 aromatic carbocycles. The van der Waals surface area contributed by atoms with Crippen molar-refractivity contribution < 1.29 is 9.18 Å². The molecule has 1 aliphatic carbocycles. The molecule has 2 rings (SSSR count). The second kappa shape index (κ2) is 6.02. The lowest BCUT2D eigenvalue weighted by molar-refractivity contribution is 0.0947. The zero-order valence-corrected chi connectivity index (χ0v) is 12.1. The molecule has 1 amide bonds. The average molecular weight is 335 g/mol. The zero-order valence-electron chi connectivity index (χ0n) is 9.76. The van der Waals surface area contributed by atoms with Crippen LogP contribution in [0.25, 0.3) is 0 Å². The molecule has 0 aromatic heterocycles. The van der Waals surface area contributed by atoms with E-state index in [9.17, 15) is 9.18 Å². The van der Waals surface area contributed by atoms with Crippen LogP contribution in [0.5, 0.6) is 0 Å². The van der Waals surface area contributed by atoms with Crippen molar-refractivity contribution in [3.05, 3.63) is 34.1 Å². The summed E-state index contributed by atoms with van der Waals surface area (Å²) in [5.74, 6) is -0.224.